The second-order valence-electron chi connectivity index (χ2n) is 7.55. The van der Waals surface area contributed by atoms with Crippen molar-refractivity contribution in [1.29, 1.82) is 0 Å². The predicted molar refractivity (Wildman–Crippen MR) is 109 cm³/mol. The minimum atomic E-state index is -0.889. The lowest BCUT2D eigenvalue weighted by atomic mass is 10.2. The van der Waals surface area contributed by atoms with Crippen LogP contribution in [0.15, 0.2) is 54.6 Å². The highest BCUT2D eigenvalue weighted by Crippen LogP contribution is 2.11. The van der Waals surface area contributed by atoms with E-state index in [4.69, 9.17) is 9.47 Å². The van der Waals surface area contributed by atoms with Crippen molar-refractivity contribution >= 4 is 17.7 Å². The molecule has 0 radical (unpaired) electrons. The number of hydrogen-bond donors (Lipinski definition) is 2. The van der Waals surface area contributed by atoms with Gasteiger partial charge in [-0.25, -0.2) is 4.79 Å². The third-order valence-corrected chi connectivity index (χ3v) is 3.72. The molecule has 0 aliphatic carbocycles. The number of amides is 2. The molecule has 0 unspecified atom stereocenters. The topological polar surface area (TPSA) is 76.7 Å². The molecule has 0 aromatic heterocycles. The Kier molecular flexibility index (Phi) is 7.58. The summed E-state index contributed by atoms with van der Waals surface area (Å²) in [7, 11) is 0. The summed E-state index contributed by atoms with van der Waals surface area (Å²) in [6, 6.07) is 16.1. The lowest BCUT2D eigenvalue weighted by molar-refractivity contribution is -0.119. The van der Waals surface area contributed by atoms with Crippen molar-refractivity contribution in [1.82, 2.24) is 5.32 Å². The van der Waals surface area contributed by atoms with E-state index in [1.54, 1.807) is 20.8 Å². The fourth-order valence-corrected chi connectivity index (χ4v) is 2.37. The second-order valence-corrected chi connectivity index (χ2v) is 7.55. The first-order valence-corrected chi connectivity index (χ1v) is 9.22. The molecule has 6 heteroatoms. The van der Waals surface area contributed by atoms with Crippen LogP contribution in [-0.2, 0) is 20.9 Å². The highest BCUT2D eigenvalue weighted by atomic mass is 16.6. The summed E-state index contributed by atoms with van der Waals surface area (Å²) in [6.45, 7) is 7.62. The van der Waals surface area contributed by atoms with Gasteiger partial charge in [-0.1, -0.05) is 48.0 Å². The van der Waals surface area contributed by atoms with Crippen LogP contribution < -0.4 is 10.6 Å². The Morgan fingerprint density at radius 3 is 2.25 bits per heavy atom. The van der Waals surface area contributed by atoms with E-state index < -0.39 is 17.7 Å². The maximum atomic E-state index is 12.7. The zero-order chi connectivity index (χ0) is 20.6. The number of aryl methyl sites for hydroxylation is 1. The molecule has 28 heavy (non-hydrogen) atoms. The number of rotatable bonds is 7. The lowest BCUT2D eigenvalue weighted by Gasteiger charge is -2.23. The fraction of sp³-hybridized carbons (Fsp3) is 0.364. The van der Waals surface area contributed by atoms with Crippen LogP contribution in [-0.4, -0.2) is 30.3 Å². The van der Waals surface area contributed by atoms with Crippen LogP contribution in [0.1, 0.15) is 31.9 Å². The van der Waals surface area contributed by atoms with Gasteiger partial charge < -0.3 is 20.1 Å². The van der Waals surface area contributed by atoms with Crippen molar-refractivity contribution < 1.29 is 19.1 Å². The summed E-state index contributed by atoms with van der Waals surface area (Å²) in [4.78, 5) is 24.8. The maximum absolute atomic E-state index is 12.7. The van der Waals surface area contributed by atoms with E-state index in [0.717, 1.165) is 11.1 Å². The standard InChI is InChI=1S/C22H28N2O4/c1-16-10-12-18(13-11-16)23-20(25)19(24-21(26)28-22(2,3)4)15-27-14-17-8-6-5-7-9-17/h5-13,19H,14-15H2,1-4H3,(H,23,25)(H,24,26)/t19-/m1/s1. The number of carbonyl (C=O) groups is 2. The van der Waals surface area contributed by atoms with Crippen LogP contribution in [0.4, 0.5) is 10.5 Å². The Morgan fingerprint density at radius 1 is 1.00 bits per heavy atom. The van der Waals surface area contributed by atoms with Gasteiger partial charge in [-0.3, -0.25) is 4.79 Å². The van der Waals surface area contributed by atoms with Gasteiger partial charge in [0, 0.05) is 5.69 Å². The highest BCUT2D eigenvalue weighted by molar-refractivity contribution is 5.96. The van der Waals surface area contributed by atoms with Crippen molar-refractivity contribution in [2.45, 2.75) is 45.9 Å². The molecule has 2 N–H and O–H groups in total. The first-order chi connectivity index (χ1) is 13.2. The number of benzene rings is 2. The number of ether oxygens (including phenoxy) is 2. The monoisotopic (exact) mass is 384 g/mol. The third-order valence-electron chi connectivity index (χ3n) is 3.72. The number of anilines is 1. The Bertz CT molecular complexity index is 767. The molecular weight excluding hydrogens is 356 g/mol. The van der Waals surface area contributed by atoms with Gasteiger partial charge in [-0.05, 0) is 45.4 Å². The summed E-state index contributed by atoms with van der Waals surface area (Å²) >= 11 is 0. The maximum Gasteiger partial charge on any atom is 0.408 e. The molecule has 0 heterocycles. The molecule has 0 spiro atoms. The van der Waals surface area contributed by atoms with Crippen molar-refractivity contribution in [3.63, 3.8) is 0 Å². The molecular formula is C22H28N2O4. The highest BCUT2D eigenvalue weighted by Gasteiger charge is 2.24. The molecule has 150 valence electrons. The molecule has 0 saturated heterocycles. The van der Waals surface area contributed by atoms with Crippen LogP contribution in [0.5, 0.6) is 0 Å². The molecule has 6 nitrogen and oxygen atoms in total. The van der Waals surface area contributed by atoms with Crippen LogP contribution >= 0.6 is 0 Å². The van der Waals surface area contributed by atoms with Gasteiger partial charge in [0.25, 0.3) is 0 Å². The number of carbonyl (C=O) groups excluding carboxylic acids is 2. The normalized spacial score (nSPS) is 12.1. The van der Waals surface area contributed by atoms with Crippen molar-refractivity contribution in [2.24, 2.45) is 0 Å². The van der Waals surface area contributed by atoms with Gasteiger partial charge in [0.05, 0.1) is 13.2 Å². The van der Waals surface area contributed by atoms with E-state index in [-0.39, 0.29) is 12.5 Å². The first-order valence-electron chi connectivity index (χ1n) is 9.22. The van der Waals surface area contributed by atoms with E-state index in [0.29, 0.717) is 12.3 Å². The smallest absolute Gasteiger partial charge is 0.408 e. The Balaban J connectivity index is 2.00. The predicted octanol–water partition coefficient (Wildman–Crippen LogP) is 4.04. The number of alkyl carbamates (subject to hydrolysis) is 1. The average molecular weight is 384 g/mol. The van der Waals surface area contributed by atoms with Gasteiger partial charge in [0.1, 0.15) is 11.6 Å². The van der Waals surface area contributed by atoms with E-state index in [9.17, 15) is 9.59 Å². The van der Waals surface area contributed by atoms with Crippen LogP contribution in [0.2, 0.25) is 0 Å². The quantitative estimate of drug-likeness (QED) is 0.755. The van der Waals surface area contributed by atoms with Crippen LogP contribution in [0, 0.1) is 6.92 Å². The summed E-state index contributed by atoms with van der Waals surface area (Å²) in [5.41, 5.74) is 2.06. The minimum absolute atomic E-state index is 0.0197. The Morgan fingerprint density at radius 2 is 1.64 bits per heavy atom. The summed E-state index contributed by atoms with van der Waals surface area (Å²) in [5.74, 6) is -0.372. The van der Waals surface area contributed by atoms with E-state index >= 15 is 0 Å². The van der Waals surface area contributed by atoms with Crippen molar-refractivity contribution in [3.8, 4) is 0 Å². The van der Waals surface area contributed by atoms with Crippen molar-refractivity contribution in [3.05, 3.63) is 65.7 Å². The van der Waals surface area contributed by atoms with E-state index in [2.05, 4.69) is 10.6 Å². The van der Waals surface area contributed by atoms with Crippen LogP contribution in [0.25, 0.3) is 0 Å². The summed E-state index contributed by atoms with van der Waals surface area (Å²) in [6.07, 6.45) is -0.667. The fourth-order valence-electron chi connectivity index (χ4n) is 2.37. The first kappa shape index (κ1) is 21.4. The Labute approximate surface area is 166 Å². The summed E-state index contributed by atoms with van der Waals surface area (Å²) in [5, 5.41) is 5.39. The Hall–Kier alpha value is -2.86. The number of hydrogen-bond acceptors (Lipinski definition) is 4. The molecule has 1 atom stereocenters. The van der Waals surface area contributed by atoms with Gasteiger partial charge in [0.2, 0.25) is 5.91 Å². The summed E-state index contributed by atoms with van der Waals surface area (Å²) < 4.78 is 10.9. The van der Waals surface area contributed by atoms with Gasteiger partial charge in [-0.2, -0.15) is 0 Å². The molecule has 0 saturated carbocycles. The lowest BCUT2D eigenvalue weighted by Crippen LogP contribution is -2.48. The molecule has 2 rings (SSSR count). The molecule has 0 bridgehead atoms. The molecule has 2 aromatic rings. The van der Waals surface area contributed by atoms with Gasteiger partial charge >= 0.3 is 6.09 Å². The second kappa shape index (κ2) is 9.90. The molecule has 0 fully saturated rings. The van der Waals surface area contributed by atoms with E-state index in [1.807, 2.05) is 61.5 Å². The average Bonchev–Trinajstić information content (AvgIpc) is 2.62. The van der Waals surface area contributed by atoms with Crippen molar-refractivity contribution in [2.75, 3.05) is 11.9 Å². The van der Waals surface area contributed by atoms with Gasteiger partial charge in [0.15, 0.2) is 0 Å². The number of nitrogens with one attached hydrogen (secondary N) is 2. The third kappa shape index (κ3) is 7.80. The zero-order valence-corrected chi connectivity index (χ0v) is 16.8. The SMILES string of the molecule is Cc1ccc(NC(=O)[C@@H](COCc2ccccc2)NC(=O)OC(C)(C)C)cc1. The van der Waals surface area contributed by atoms with E-state index in [1.165, 1.54) is 0 Å². The molecule has 0 aliphatic heterocycles. The minimum Gasteiger partial charge on any atom is -0.444 e. The molecule has 0 aliphatic rings. The molecule has 2 aromatic carbocycles. The molecule has 2 amide bonds. The van der Waals surface area contributed by atoms with Gasteiger partial charge in [-0.15, -0.1) is 0 Å². The largest absolute Gasteiger partial charge is 0.444 e. The zero-order valence-electron chi connectivity index (χ0n) is 16.8. The van der Waals surface area contributed by atoms with Crippen LogP contribution in [0.3, 0.4) is 0 Å².